The maximum Gasteiger partial charge on any atom is 0.389 e. The van der Waals surface area contributed by atoms with E-state index in [1.54, 1.807) is 54.1 Å². The van der Waals surface area contributed by atoms with Gasteiger partial charge >= 0.3 is 6.18 Å². The number of likely N-dealkylation sites (tertiary alicyclic amines) is 1. The molecule has 3 heterocycles. The van der Waals surface area contributed by atoms with Crippen molar-refractivity contribution in [2.45, 2.75) is 50.7 Å². The van der Waals surface area contributed by atoms with Gasteiger partial charge in [0.2, 0.25) is 5.78 Å². The number of ether oxygens (including phenoxy) is 1. The first-order chi connectivity index (χ1) is 25.4. The second-order valence-corrected chi connectivity index (χ2v) is 13.4. The molecule has 1 amide bonds. The van der Waals surface area contributed by atoms with Crippen molar-refractivity contribution in [1.29, 1.82) is 0 Å². The molecule has 0 aliphatic carbocycles. The van der Waals surface area contributed by atoms with Crippen molar-refractivity contribution in [1.82, 2.24) is 34.8 Å². The highest BCUT2D eigenvalue weighted by atomic mass is 19.4. The fourth-order valence-corrected chi connectivity index (χ4v) is 6.99. The first-order valence-electron chi connectivity index (χ1n) is 17.4. The van der Waals surface area contributed by atoms with Gasteiger partial charge in [0.15, 0.2) is 17.5 Å². The number of carbonyl (C=O) groups is 2. The standard InChI is InChI=1S/C38H40F5N7O3/c1-48(37(52)28-20-26(9-11-34(28)53-2)32-22-44-47-46-32)23-27(25-8-10-29(39)30(40)21-25)14-19-49-17-12-24(13-18-49)35(51)36-45-31-6-3-4-7-33(31)50(36)16-5-15-38(41,42)43/h3-4,6-11,20-22,24,27H,5,12-19,23H2,1-2H3,(H,44,46,47). The summed E-state index contributed by atoms with van der Waals surface area (Å²) in [6, 6.07) is 15.9. The van der Waals surface area contributed by atoms with Crippen molar-refractivity contribution in [2.75, 3.05) is 40.3 Å². The highest BCUT2D eigenvalue weighted by Gasteiger charge is 2.31. The number of nitrogens with one attached hydrogen (secondary N) is 1. The van der Waals surface area contributed by atoms with Gasteiger partial charge in [-0.2, -0.15) is 28.6 Å². The zero-order valence-corrected chi connectivity index (χ0v) is 29.4. The number of halogens is 5. The van der Waals surface area contributed by atoms with E-state index in [9.17, 15) is 31.5 Å². The number of H-pyrrole nitrogens is 1. The monoisotopic (exact) mass is 737 g/mol. The number of methoxy groups -OCH3 is 1. The normalized spacial score (nSPS) is 14.8. The van der Waals surface area contributed by atoms with Crippen LogP contribution in [0, 0.1) is 17.6 Å². The van der Waals surface area contributed by atoms with Crippen LogP contribution in [0.25, 0.3) is 22.3 Å². The minimum Gasteiger partial charge on any atom is -0.496 e. The lowest BCUT2D eigenvalue weighted by atomic mass is 9.90. The van der Waals surface area contributed by atoms with Crippen LogP contribution in [0.1, 0.15) is 64.6 Å². The number of piperidine rings is 1. The van der Waals surface area contributed by atoms with Gasteiger partial charge in [-0.3, -0.25) is 9.59 Å². The Morgan fingerprint density at radius 1 is 1.02 bits per heavy atom. The van der Waals surface area contributed by atoms with Gasteiger partial charge in [0, 0.05) is 44.0 Å². The number of aromatic amines is 1. The van der Waals surface area contributed by atoms with Gasteiger partial charge in [0.25, 0.3) is 5.91 Å². The van der Waals surface area contributed by atoms with Crippen molar-refractivity contribution >= 4 is 22.7 Å². The molecule has 2 aromatic heterocycles. The summed E-state index contributed by atoms with van der Waals surface area (Å²) in [6.45, 7) is 1.95. The molecule has 1 fully saturated rings. The second kappa shape index (κ2) is 16.2. The number of nitrogens with zero attached hydrogens (tertiary/aromatic N) is 6. The predicted octanol–water partition coefficient (Wildman–Crippen LogP) is 7.29. The Balaban J connectivity index is 1.12. The molecule has 1 unspecified atom stereocenters. The van der Waals surface area contributed by atoms with E-state index in [4.69, 9.17) is 4.74 Å². The second-order valence-electron chi connectivity index (χ2n) is 13.4. The Morgan fingerprint density at radius 2 is 1.79 bits per heavy atom. The largest absolute Gasteiger partial charge is 0.496 e. The van der Waals surface area contributed by atoms with E-state index in [1.165, 1.54) is 24.3 Å². The molecule has 1 saturated heterocycles. The average Bonchev–Trinajstić information content (AvgIpc) is 3.82. The molecule has 5 aromatic rings. The van der Waals surface area contributed by atoms with E-state index < -0.39 is 24.2 Å². The first-order valence-corrected chi connectivity index (χ1v) is 17.4. The fraction of sp³-hybridized carbons (Fsp3) is 0.395. The van der Waals surface area contributed by atoms with Crippen molar-refractivity contribution in [3.8, 4) is 17.0 Å². The van der Waals surface area contributed by atoms with Gasteiger partial charge in [-0.05, 0) is 93.3 Å². The number of para-hydroxylation sites is 2. The van der Waals surface area contributed by atoms with E-state index in [0.29, 0.717) is 78.1 Å². The fourth-order valence-electron chi connectivity index (χ4n) is 6.99. The highest BCUT2D eigenvalue weighted by Crippen LogP contribution is 2.31. The quantitative estimate of drug-likeness (QED) is 0.0942. The van der Waals surface area contributed by atoms with Crippen molar-refractivity contribution in [3.05, 3.63) is 95.4 Å². The van der Waals surface area contributed by atoms with Crippen LogP contribution >= 0.6 is 0 Å². The molecule has 53 heavy (non-hydrogen) atoms. The van der Waals surface area contributed by atoms with Gasteiger partial charge in [-0.25, -0.2) is 13.8 Å². The zero-order chi connectivity index (χ0) is 37.7. The van der Waals surface area contributed by atoms with Crippen molar-refractivity contribution in [2.24, 2.45) is 5.92 Å². The van der Waals surface area contributed by atoms with Gasteiger partial charge in [-0.15, -0.1) is 0 Å². The number of alkyl halides is 3. The Bertz CT molecular complexity index is 2040. The number of aromatic nitrogens is 5. The lowest BCUT2D eigenvalue weighted by molar-refractivity contribution is -0.135. The number of fused-ring (bicyclic) bond motifs is 1. The molecule has 1 atom stereocenters. The number of aryl methyl sites for hydroxylation is 1. The molecule has 0 bridgehead atoms. The summed E-state index contributed by atoms with van der Waals surface area (Å²) >= 11 is 0. The molecule has 1 aliphatic heterocycles. The lowest BCUT2D eigenvalue weighted by Gasteiger charge is -2.33. The van der Waals surface area contributed by atoms with Crippen LogP contribution in [-0.2, 0) is 6.54 Å². The molecule has 0 saturated carbocycles. The highest BCUT2D eigenvalue weighted by molar-refractivity contribution is 5.98. The van der Waals surface area contributed by atoms with Crippen LogP contribution in [0.3, 0.4) is 0 Å². The number of ketones is 1. The predicted molar refractivity (Wildman–Crippen MR) is 188 cm³/mol. The van der Waals surface area contributed by atoms with E-state index in [-0.39, 0.29) is 48.9 Å². The smallest absolute Gasteiger partial charge is 0.389 e. The maximum absolute atomic E-state index is 14.5. The van der Waals surface area contributed by atoms with Crippen molar-refractivity contribution < 1.29 is 36.3 Å². The summed E-state index contributed by atoms with van der Waals surface area (Å²) in [4.78, 5) is 35.8. The van der Waals surface area contributed by atoms with E-state index in [2.05, 4.69) is 25.3 Å². The topological polar surface area (TPSA) is 109 Å². The lowest BCUT2D eigenvalue weighted by Crippen LogP contribution is -2.39. The third kappa shape index (κ3) is 8.90. The first kappa shape index (κ1) is 37.6. The number of hydrogen-bond donors (Lipinski definition) is 1. The summed E-state index contributed by atoms with van der Waals surface area (Å²) in [7, 11) is 3.11. The summed E-state index contributed by atoms with van der Waals surface area (Å²) < 4.78 is 74.3. The Morgan fingerprint density at radius 3 is 2.49 bits per heavy atom. The van der Waals surface area contributed by atoms with Crippen molar-refractivity contribution in [3.63, 3.8) is 0 Å². The summed E-state index contributed by atoms with van der Waals surface area (Å²) in [5.74, 6) is -2.62. The summed E-state index contributed by atoms with van der Waals surface area (Å²) in [5, 5.41) is 10.5. The Kier molecular flexibility index (Phi) is 11.5. The van der Waals surface area contributed by atoms with Gasteiger partial charge in [-0.1, -0.05) is 18.2 Å². The van der Waals surface area contributed by atoms with E-state index in [0.717, 1.165) is 12.1 Å². The number of Topliss-reactive ketones (excluding diaryl/α,β-unsaturated/α-hetero) is 1. The maximum atomic E-state index is 14.5. The van der Waals surface area contributed by atoms with Crippen LogP contribution < -0.4 is 4.74 Å². The molecule has 1 N–H and O–H groups in total. The summed E-state index contributed by atoms with van der Waals surface area (Å²) in [6.07, 6.45) is -2.30. The van der Waals surface area contributed by atoms with Crippen LogP contribution in [0.15, 0.2) is 66.9 Å². The van der Waals surface area contributed by atoms with Gasteiger partial charge < -0.3 is 19.1 Å². The Labute approximate surface area is 302 Å². The van der Waals surface area contributed by atoms with E-state index in [1.807, 2.05) is 0 Å². The zero-order valence-electron chi connectivity index (χ0n) is 29.4. The molecule has 0 spiro atoms. The molecule has 280 valence electrons. The molecule has 15 heteroatoms. The third-order valence-electron chi connectivity index (χ3n) is 9.87. The van der Waals surface area contributed by atoms with Crippen LogP contribution in [0.5, 0.6) is 5.75 Å². The molecule has 10 nitrogen and oxygen atoms in total. The molecular weight excluding hydrogens is 697 g/mol. The summed E-state index contributed by atoms with van der Waals surface area (Å²) in [5.41, 5.74) is 3.25. The Hall–Kier alpha value is -5.18. The number of carbonyl (C=O) groups excluding carboxylic acids is 2. The van der Waals surface area contributed by atoms with Gasteiger partial charge in [0.1, 0.15) is 11.4 Å². The third-order valence-corrected chi connectivity index (χ3v) is 9.87. The minimum absolute atomic E-state index is 0.0298. The number of imidazole rings is 1. The van der Waals surface area contributed by atoms with Crippen LogP contribution in [-0.4, -0.2) is 93.0 Å². The minimum atomic E-state index is -4.29. The van der Waals surface area contributed by atoms with Crippen LogP contribution in [0.2, 0.25) is 0 Å². The molecule has 6 rings (SSSR count). The number of hydrogen-bond acceptors (Lipinski definition) is 7. The van der Waals surface area contributed by atoms with Crippen LogP contribution in [0.4, 0.5) is 22.0 Å². The van der Waals surface area contributed by atoms with E-state index >= 15 is 0 Å². The molecule has 0 radical (unpaired) electrons. The number of rotatable bonds is 14. The molecule has 3 aromatic carbocycles. The number of benzene rings is 3. The van der Waals surface area contributed by atoms with Gasteiger partial charge in [0.05, 0.1) is 29.9 Å². The number of amides is 1. The molecular formula is C38H40F5N7O3. The molecule has 1 aliphatic rings. The SMILES string of the molecule is COc1ccc(-c2cn[nH]n2)cc1C(=O)N(C)CC(CCN1CCC(C(=O)c2nc3ccccc3n2CCCC(F)(F)F)CC1)c1ccc(F)c(F)c1. The number of likely N-dealkylation sites (N-methyl/N-ethyl adjacent to an activating group) is 1. The average molecular weight is 738 g/mol.